The van der Waals surface area contributed by atoms with Crippen LogP contribution in [-0.4, -0.2) is 40.9 Å². The zero-order valence-corrected chi connectivity index (χ0v) is 20.9. The Bertz CT molecular complexity index is 1130. The maximum atomic E-state index is 13.6. The lowest BCUT2D eigenvalue weighted by molar-refractivity contribution is -0.123. The zero-order chi connectivity index (χ0) is 25.0. The van der Waals surface area contributed by atoms with Crippen molar-refractivity contribution in [2.24, 2.45) is 0 Å². The van der Waals surface area contributed by atoms with Crippen molar-refractivity contribution < 1.29 is 9.59 Å². The molecule has 0 radical (unpaired) electrons. The lowest BCUT2D eigenvalue weighted by Gasteiger charge is -2.35. The first-order valence-electron chi connectivity index (χ1n) is 13.0. The molecule has 0 aliphatic carbocycles. The van der Waals surface area contributed by atoms with Gasteiger partial charge in [0.25, 0.3) is 0 Å². The molecule has 186 valence electrons. The number of fused-ring (bicyclic) bond motifs is 1. The number of carbonyl (C=O) groups excluding carboxylic acids is 2. The summed E-state index contributed by atoms with van der Waals surface area (Å²) in [6, 6.07) is 30.8. The number of carbonyl (C=O) groups is 2. The molecule has 2 fully saturated rings. The molecule has 0 saturated carbocycles. The van der Waals surface area contributed by atoms with E-state index in [9.17, 15) is 9.59 Å². The van der Waals surface area contributed by atoms with Gasteiger partial charge in [0, 0.05) is 18.5 Å². The van der Waals surface area contributed by atoms with Crippen molar-refractivity contribution in [1.82, 2.24) is 15.5 Å². The molecule has 2 aliphatic rings. The molecule has 0 unspecified atom stereocenters. The maximum absolute atomic E-state index is 13.6. The molecule has 3 aromatic rings. The van der Waals surface area contributed by atoms with Gasteiger partial charge >= 0.3 is 0 Å². The first-order valence-corrected chi connectivity index (χ1v) is 13.0. The highest BCUT2D eigenvalue weighted by Gasteiger charge is 2.50. The fourth-order valence-electron chi connectivity index (χ4n) is 6.16. The summed E-state index contributed by atoms with van der Waals surface area (Å²) in [6.45, 7) is 2.47. The van der Waals surface area contributed by atoms with Crippen molar-refractivity contribution in [3.05, 3.63) is 108 Å². The molecule has 5 rings (SSSR count). The number of likely N-dealkylation sites (tertiary alicyclic amines) is 1. The second kappa shape index (κ2) is 10.7. The van der Waals surface area contributed by atoms with Gasteiger partial charge < -0.3 is 10.6 Å². The smallest absolute Gasteiger partial charge is 0.234 e. The van der Waals surface area contributed by atoms with Crippen LogP contribution in [0.25, 0.3) is 0 Å². The van der Waals surface area contributed by atoms with Gasteiger partial charge in [0.15, 0.2) is 0 Å². The summed E-state index contributed by atoms with van der Waals surface area (Å²) in [6.07, 6.45) is 4.01. The first kappa shape index (κ1) is 24.3. The van der Waals surface area contributed by atoms with Crippen molar-refractivity contribution in [1.29, 1.82) is 0 Å². The SMILES string of the molecule is C[C@]12C[C@@H](Cc3ccccc3)N(CC(=O)NC(c3ccccc3)c3ccccc3)[C@H]1CCCC(=O)N2. The van der Waals surface area contributed by atoms with Crippen molar-refractivity contribution in [2.45, 2.75) is 62.7 Å². The summed E-state index contributed by atoms with van der Waals surface area (Å²) < 4.78 is 0. The largest absolute Gasteiger partial charge is 0.349 e. The van der Waals surface area contributed by atoms with Crippen LogP contribution in [0.4, 0.5) is 0 Å². The third-order valence-electron chi connectivity index (χ3n) is 7.78. The Morgan fingerprint density at radius 1 is 0.972 bits per heavy atom. The van der Waals surface area contributed by atoms with E-state index in [0.717, 1.165) is 36.8 Å². The third kappa shape index (κ3) is 5.36. The summed E-state index contributed by atoms with van der Waals surface area (Å²) in [7, 11) is 0. The van der Waals surface area contributed by atoms with Crippen LogP contribution >= 0.6 is 0 Å². The van der Waals surface area contributed by atoms with E-state index in [1.54, 1.807) is 0 Å². The van der Waals surface area contributed by atoms with E-state index in [1.807, 2.05) is 42.5 Å². The average molecular weight is 482 g/mol. The molecule has 2 aliphatic heterocycles. The van der Waals surface area contributed by atoms with E-state index in [4.69, 9.17) is 0 Å². The van der Waals surface area contributed by atoms with E-state index >= 15 is 0 Å². The number of hydrogen-bond donors (Lipinski definition) is 2. The fraction of sp³-hybridized carbons (Fsp3) is 0.355. The normalized spacial score (nSPS) is 24.1. The Morgan fingerprint density at radius 3 is 2.17 bits per heavy atom. The maximum Gasteiger partial charge on any atom is 0.234 e. The molecule has 36 heavy (non-hydrogen) atoms. The van der Waals surface area contributed by atoms with E-state index in [0.29, 0.717) is 13.0 Å². The van der Waals surface area contributed by atoms with Gasteiger partial charge in [-0.25, -0.2) is 0 Å². The van der Waals surface area contributed by atoms with Crippen LogP contribution in [0.2, 0.25) is 0 Å². The molecule has 2 saturated heterocycles. The molecule has 0 spiro atoms. The first-order chi connectivity index (χ1) is 17.5. The van der Waals surface area contributed by atoms with Crippen molar-refractivity contribution in [3.63, 3.8) is 0 Å². The van der Waals surface area contributed by atoms with E-state index in [2.05, 4.69) is 71.0 Å². The molecule has 2 N–H and O–H groups in total. The van der Waals surface area contributed by atoms with Crippen LogP contribution in [0.5, 0.6) is 0 Å². The van der Waals surface area contributed by atoms with Crippen molar-refractivity contribution in [3.8, 4) is 0 Å². The molecular weight excluding hydrogens is 446 g/mol. The zero-order valence-electron chi connectivity index (χ0n) is 20.9. The van der Waals surface area contributed by atoms with Gasteiger partial charge in [0.05, 0.1) is 18.1 Å². The van der Waals surface area contributed by atoms with Crippen LogP contribution < -0.4 is 10.6 Å². The van der Waals surface area contributed by atoms with Gasteiger partial charge in [0.1, 0.15) is 0 Å². The van der Waals surface area contributed by atoms with Gasteiger partial charge in [-0.15, -0.1) is 0 Å². The molecule has 3 aromatic carbocycles. The Hall–Kier alpha value is -3.44. The Labute approximate surface area is 213 Å². The van der Waals surface area contributed by atoms with Gasteiger partial charge in [-0.3, -0.25) is 14.5 Å². The molecule has 0 aromatic heterocycles. The van der Waals surface area contributed by atoms with Gasteiger partial charge in [-0.2, -0.15) is 0 Å². The summed E-state index contributed by atoms with van der Waals surface area (Å²) in [5.74, 6) is 0.128. The number of nitrogens with zero attached hydrogens (tertiary/aromatic N) is 1. The number of hydrogen-bond acceptors (Lipinski definition) is 3. The lowest BCUT2D eigenvalue weighted by atomic mass is 9.89. The predicted octanol–water partition coefficient (Wildman–Crippen LogP) is 4.64. The molecular formula is C31H35N3O2. The summed E-state index contributed by atoms with van der Waals surface area (Å²) >= 11 is 0. The van der Waals surface area contributed by atoms with E-state index < -0.39 is 0 Å². The van der Waals surface area contributed by atoms with Gasteiger partial charge in [-0.05, 0) is 49.3 Å². The van der Waals surface area contributed by atoms with E-state index in [1.165, 1.54) is 5.56 Å². The standard InChI is InChI=1S/C31H35N3O2/c1-31-21-26(20-23-12-5-2-6-13-23)34(27(31)18-11-19-28(35)33-31)22-29(36)32-30(24-14-7-3-8-15-24)25-16-9-4-10-17-25/h2-10,12-17,26-27,30H,11,18-22H2,1H3,(H,32,36)(H,33,35)/t26-,27+,31+/m1/s1. The minimum Gasteiger partial charge on any atom is -0.349 e. The molecule has 0 bridgehead atoms. The van der Waals surface area contributed by atoms with Crippen LogP contribution in [0.1, 0.15) is 55.3 Å². The predicted molar refractivity (Wildman–Crippen MR) is 142 cm³/mol. The monoisotopic (exact) mass is 481 g/mol. The highest BCUT2D eigenvalue weighted by atomic mass is 16.2. The number of amides is 2. The van der Waals surface area contributed by atoms with Crippen LogP contribution in [0, 0.1) is 0 Å². The van der Waals surface area contributed by atoms with E-state index in [-0.39, 0.29) is 35.5 Å². The van der Waals surface area contributed by atoms with Gasteiger partial charge in [0.2, 0.25) is 11.8 Å². The molecule has 3 atom stereocenters. The Morgan fingerprint density at radius 2 is 1.56 bits per heavy atom. The Kier molecular flexibility index (Phi) is 7.19. The lowest BCUT2D eigenvalue weighted by Crippen LogP contribution is -2.54. The minimum atomic E-state index is -0.328. The second-order valence-electron chi connectivity index (χ2n) is 10.4. The fourth-order valence-corrected chi connectivity index (χ4v) is 6.16. The Balaban J connectivity index is 1.39. The highest BCUT2D eigenvalue weighted by molar-refractivity contribution is 5.80. The third-order valence-corrected chi connectivity index (χ3v) is 7.78. The molecule has 2 amide bonds. The van der Waals surface area contributed by atoms with Crippen molar-refractivity contribution in [2.75, 3.05) is 6.54 Å². The minimum absolute atomic E-state index is 0.00518. The second-order valence-corrected chi connectivity index (χ2v) is 10.4. The molecule has 2 heterocycles. The van der Waals surface area contributed by atoms with Crippen LogP contribution in [-0.2, 0) is 16.0 Å². The van der Waals surface area contributed by atoms with Crippen LogP contribution in [0.15, 0.2) is 91.0 Å². The number of nitrogens with one attached hydrogen (secondary N) is 2. The molecule has 5 heteroatoms. The number of benzene rings is 3. The quantitative estimate of drug-likeness (QED) is 0.517. The topological polar surface area (TPSA) is 61.4 Å². The highest BCUT2D eigenvalue weighted by Crippen LogP contribution is 2.39. The van der Waals surface area contributed by atoms with Crippen LogP contribution in [0.3, 0.4) is 0 Å². The summed E-state index contributed by atoms with van der Waals surface area (Å²) in [5, 5.41) is 6.64. The number of rotatable bonds is 7. The average Bonchev–Trinajstić information content (AvgIpc) is 3.03. The van der Waals surface area contributed by atoms with Gasteiger partial charge in [-0.1, -0.05) is 91.0 Å². The van der Waals surface area contributed by atoms with Crippen molar-refractivity contribution >= 4 is 11.8 Å². The molecule has 5 nitrogen and oxygen atoms in total. The summed E-state index contributed by atoms with van der Waals surface area (Å²) in [5.41, 5.74) is 3.05. The summed E-state index contributed by atoms with van der Waals surface area (Å²) in [4.78, 5) is 28.5.